The number of rotatable bonds is 7. The summed E-state index contributed by atoms with van der Waals surface area (Å²) in [6.45, 7) is 18.3. The summed E-state index contributed by atoms with van der Waals surface area (Å²) < 4.78 is 5.29. The van der Waals surface area contributed by atoms with E-state index in [4.69, 9.17) is 4.74 Å². The van der Waals surface area contributed by atoms with E-state index in [1.165, 1.54) is 0 Å². The minimum absolute atomic E-state index is 0.0888. The number of benzene rings is 1. The molecule has 0 saturated heterocycles. The molecule has 0 radical (unpaired) electrons. The zero-order valence-electron chi connectivity index (χ0n) is 21.3. The third-order valence-corrected chi connectivity index (χ3v) is 4.70. The third-order valence-electron chi connectivity index (χ3n) is 4.70. The number of amides is 3. The highest BCUT2D eigenvalue weighted by Crippen LogP contribution is 2.30. The highest BCUT2D eigenvalue weighted by atomic mass is 16.6. The molecular formula is C25H41N3O4. The average Bonchev–Trinajstić information content (AvgIpc) is 2.62. The van der Waals surface area contributed by atoms with E-state index in [1.807, 2.05) is 58.9 Å². The normalized spacial score (nSPS) is 13.8. The zero-order chi connectivity index (χ0) is 24.9. The number of nitrogens with one attached hydrogen (secondary N) is 2. The smallest absolute Gasteiger partial charge is 0.408 e. The predicted molar refractivity (Wildman–Crippen MR) is 127 cm³/mol. The van der Waals surface area contributed by atoms with E-state index >= 15 is 0 Å². The Morgan fingerprint density at radius 3 is 1.88 bits per heavy atom. The van der Waals surface area contributed by atoms with Crippen molar-refractivity contribution in [2.75, 3.05) is 0 Å². The highest BCUT2D eigenvalue weighted by molar-refractivity contribution is 5.92. The molecule has 180 valence electrons. The van der Waals surface area contributed by atoms with Crippen LogP contribution in [0, 0.1) is 0 Å². The number of hydrogen-bond acceptors (Lipinski definition) is 4. The molecule has 0 spiro atoms. The number of nitrogens with zero attached hydrogens (tertiary/aromatic N) is 1. The Morgan fingerprint density at radius 2 is 1.47 bits per heavy atom. The fourth-order valence-electron chi connectivity index (χ4n) is 3.32. The molecule has 0 bridgehead atoms. The number of aryl methyl sites for hydroxylation is 1. The predicted octanol–water partition coefficient (Wildman–Crippen LogP) is 4.36. The maximum atomic E-state index is 13.6. The van der Waals surface area contributed by atoms with E-state index in [0.717, 1.165) is 12.0 Å². The number of hydrogen-bond donors (Lipinski definition) is 2. The van der Waals surface area contributed by atoms with Crippen molar-refractivity contribution in [3.8, 4) is 0 Å². The monoisotopic (exact) mass is 447 g/mol. The molecular weight excluding hydrogens is 406 g/mol. The van der Waals surface area contributed by atoms with Crippen molar-refractivity contribution in [1.82, 2.24) is 15.5 Å². The van der Waals surface area contributed by atoms with Crippen LogP contribution in [0.1, 0.15) is 86.4 Å². The molecule has 3 amide bonds. The van der Waals surface area contributed by atoms with Crippen molar-refractivity contribution in [1.29, 1.82) is 0 Å². The van der Waals surface area contributed by atoms with Gasteiger partial charge in [0.25, 0.3) is 0 Å². The van der Waals surface area contributed by atoms with Crippen LogP contribution in [0.2, 0.25) is 0 Å². The van der Waals surface area contributed by atoms with Crippen molar-refractivity contribution < 1.29 is 19.1 Å². The van der Waals surface area contributed by atoms with Gasteiger partial charge in [-0.15, -0.1) is 0 Å². The average molecular weight is 448 g/mol. The first-order valence-corrected chi connectivity index (χ1v) is 11.3. The molecule has 2 unspecified atom stereocenters. The lowest BCUT2D eigenvalue weighted by atomic mass is 9.94. The van der Waals surface area contributed by atoms with Gasteiger partial charge in [-0.3, -0.25) is 9.59 Å². The van der Waals surface area contributed by atoms with Crippen LogP contribution in [-0.2, 0) is 20.7 Å². The second-order valence-electron chi connectivity index (χ2n) is 10.4. The van der Waals surface area contributed by atoms with Crippen LogP contribution in [0.5, 0.6) is 0 Å². The Kier molecular flexibility index (Phi) is 9.30. The van der Waals surface area contributed by atoms with Gasteiger partial charge >= 0.3 is 6.09 Å². The minimum atomic E-state index is -0.881. The molecule has 2 atom stereocenters. The van der Waals surface area contributed by atoms with Crippen LogP contribution in [-0.4, -0.2) is 46.0 Å². The van der Waals surface area contributed by atoms with Crippen LogP contribution < -0.4 is 10.6 Å². The first-order valence-electron chi connectivity index (χ1n) is 11.3. The van der Waals surface area contributed by atoms with E-state index in [0.29, 0.717) is 5.56 Å². The van der Waals surface area contributed by atoms with Crippen LogP contribution in [0.4, 0.5) is 4.79 Å². The van der Waals surface area contributed by atoms with E-state index in [9.17, 15) is 14.4 Å². The van der Waals surface area contributed by atoms with Gasteiger partial charge in [-0.2, -0.15) is 0 Å². The van der Waals surface area contributed by atoms with Gasteiger partial charge in [0.2, 0.25) is 11.8 Å². The number of carbonyl (C=O) groups is 3. The van der Waals surface area contributed by atoms with E-state index in [-0.39, 0.29) is 17.9 Å². The van der Waals surface area contributed by atoms with Gasteiger partial charge in [0.1, 0.15) is 17.7 Å². The van der Waals surface area contributed by atoms with Crippen molar-refractivity contribution in [2.45, 2.75) is 105 Å². The second-order valence-corrected chi connectivity index (χ2v) is 10.4. The van der Waals surface area contributed by atoms with Gasteiger partial charge < -0.3 is 20.3 Å². The lowest BCUT2D eigenvalue weighted by Gasteiger charge is -2.42. The molecule has 0 aliphatic rings. The molecule has 0 aliphatic carbocycles. The molecule has 2 N–H and O–H groups in total. The number of ether oxygens (including phenoxy) is 1. The zero-order valence-corrected chi connectivity index (χ0v) is 21.3. The first-order chi connectivity index (χ1) is 14.6. The van der Waals surface area contributed by atoms with Gasteiger partial charge in [-0.25, -0.2) is 4.79 Å². The van der Waals surface area contributed by atoms with E-state index < -0.39 is 29.3 Å². The molecule has 1 aromatic carbocycles. The minimum Gasteiger partial charge on any atom is -0.444 e. The van der Waals surface area contributed by atoms with E-state index in [2.05, 4.69) is 17.6 Å². The van der Waals surface area contributed by atoms with Crippen LogP contribution in [0.25, 0.3) is 0 Å². The third kappa shape index (κ3) is 8.17. The maximum Gasteiger partial charge on any atom is 0.408 e. The standard InChI is InChI=1S/C25H41N3O4/c1-11-18-12-14-19(15-13-18)20(21(29)26-16(2)3)28(24(5,6)7)22(30)17(4)27-23(31)32-25(8,9)10/h12-17,20H,11H2,1-10H3,(H,26,29)(H,27,31). The Bertz CT molecular complexity index is 789. The molecule has 0 aromatic heterocycles. The molecule has 0 heterocycles. The summed E-state index contributed by atoms with van der Waals surface area (Å²) in [5.41, 5.74) is 0.485. The maximum absolute atomic E-state index is 13.6. The summed E-state index contributed by atoms with van der Waals surface area (Å²) in [6, 6.07) is 5.90. The van der Waals surface area contributed by atoms with Gasteiger partial charge in [0.15, 0.2) is 0 Å². The van der Waals surface area contributed by atoms with Crippen molar-refractivity contribution >= 4 is 17.9 Å². The molecule has 32 heavy (non-hydrogen) atoms. The summed E-state index contributed by atoms with van der Waals surface area (Å²) in [6.07, 6.45) is 0.199. The van der Waals surface area contributed by atoms with Crippen molar-refractivity contribution in [3.63, 3.8) is 0 Å². The Balaban J connectivity index is 3.37. The number of alkyl carbamates (subject to hydrolysis) is 1. The molecule has 7 nitrogen and oxygen atoms in total. The molecule has 1 rings (SSSR count). The lowest BCUT2D eigenvalue weighted by Crippen LogP contribution is -2.58. The van der Waals surface area contributed by atoms with Gasteiger partial charge in [-0.1, -0.05) is 31.2 Å². The van der Waals surface area contributed by atoms with Gasteiger partial charge in [0, 0.05) is 11.6 Å². The highest BCUT2D eigenvalue weighted by Gasteiger charge is 2.40. The fraction of sp³-hybridized carbons (Fsp3) is 0.640. The topological polar surface area (TPSA) is 87.7 Å². The van der Waals surface area contributed by atoms with Crippen LogP contribution in [0.3, 0.4) is 0 Å². The Labute approximate surface area is 193 Å². The summed E-state index contributed by atoms with van der Waals surface area (Å²) in [5, 5.41) is 5.55. The molecule has 7 heteroatoms. The van der Waals surface area contributed by atoms with E-state index in [1.54, 1.807) is 32.6 Å². The SMILES string of the molecule is CCc1ccc(C(C(=O)NC(C)C)N(C(=O)C(C)NC(=O)OC(C)(C)C)C(C)(C)C)cc1. The summed E-state index contributed by atoms with van der Waals surface area (Å²) >= 11 is 0. The summed E-state index contributed by atoms with van der Waals surface area (Å²) in [7, 11) is 0. The first kappa shape index (κ1) is 27.5. The molecule has 0 saturated carbocycles. The molecule has 1 aromatic rings. The van der Waals surface area contributed by atoms with Gasteiger partial charge in [-0.05, 0) is 79.9 Å². The lowest BCUT2D eigenvalue weighted by molar-refractivity contribution is -0.148. The second kappa shape index (κ2) is 10.8. The Morgan fingerprint density at radius 1 is 0.938 bits per heavy atom. The largest absolute Gasteiger partial charge is 0.444 e. The summed E-state index contributed by atoms with van der Waals surface area (Å²) in [5.74, 6) is -0.635. The quantitative estimate of drug-likeness (QED) is 0.650. The van der Waals surface area contributed by atoms with Crippen molar-refractivity contribution in [3.05, 3.63) is 35.4 Å². The van der Waals surface area contributed by atoms with Gasteiger partial charge in [0.05, 0.1) is 0 Å². The molecule has 0 fully saturated rings. The number of carbonyl (C=O) groups excluding carboxylic acids is 3. The summed E-state index contributed by atoms with van der Waals surface area (Å²) in [4.78, 5) is 40.7. The molecule has 0 aliphatic heterocycles. The van der Waals surface area contributed by atoms with Crippen LogP contribution >= 0.6 is 0 Å². The Hall–Kier alpha value is -2.57. The van der Waals surface area contributed by atoms with Crippen LogP contribution in [0.15, 0.2) is 24.3 Å². The fourth-order valence-corrected chi connectivity index (χ4v) is 3.32. The van der Waals surface area contributed by atoms with Crippen molar-refractivity contribution in [2.24, 2.45) is 0 Å².